The molecule has 0 spiro atoms. The van der Waals surface area contributed by atoms with E-state index in [0.717, 1.165) is 24.3 Å². The molecule has 1 N–H and O–H groups in total. The Morgan fingerprint density at radius 3 is 1.88 bits per heavy atom. The van der Waals surface area contributed by atoms with Crippen LogP contribution in [0.4, 0.5) is 26.3 Å². The summed E-state index contributed by atoms with van der Waals surface area (Å²) in [4.78, 5) is 14.6. The summed E-state index contributed by atoms with van der Waals surface area (Å²) < 4.78 is 79.8. The average Bonchev–Trinajstić information content (AvgIpc) is 2.69. The van der Waals surface area contributed by atoms with Crippen molar-refractivity contribution in [3.63, 3.8) is 0 Å². The van der Waals surface area contributed by atoms with Crippen molar-refractivity contribution in [2.45, 2.75) is 31.4 Å². The minimum Gasteiger partial charge on any atom is -0.480 e. The fourth-order valence-corrected chi connectivity index (χ4v) is 4.05. The number of aliphatic carboxylic acids is 1. The summed E-state index contributed by atoms with van der Waals surface area (Å²) in [6.45, 7) is 2.48. The van der Waals surface area contributed by atoms with Gasteiger partial charge in [0, 0.05) is 25.7 Å². The van der Waals surface area contributed by atoms with Crippen molar-refractivity contribution in [2.24, 2.45) is 0 Å². The van der Waals surface area contributed by atoms with E-state index in [9.17, 15) is 31.1 Å². The number of hydrogen-bond donors (Lipinski definition) is 1. The molecule has 1 fully saturated rings. The van der Waals surface area contributed by atoms with Crippen LogP contribution in [0.25, 0.3) is 0 Å². The quantitative estimate of drug-likeness (QED) is 0.645. The van der Waals surface area contributed by atoms with Gasteiger partial charge in [0.05, 0.1) is 23.7 Å². The Balaban J connectivity index is 2.03. The van der Waals surface area contributed by atoms with E-state index in [1.54, 1.807) is 16.7 Å². The van der Waals surface area contributed by atoms with Crippen LogP contribution in [0, 0.1) is 0 Å². The number of carboxylic acids is 1. The predicted octanol–water partition coefficient (Wildman–Crippen LogP) is 4.90. The van der Waals surface area contributed by atoms with E-state index in [4.69, 9.17) is 5.11 Å². The highest BCUT2D eigenvalue weighted by Gasteiger charge is 2.36. The van der Waals surface area contributed by atoms with Crippen LogP contribution in [0.2, 0.25) is 0 Å². The Morgan fingerprint density at radius 1 is 0.969 bits per heavy atom. The van der Waals surface area contributed by atoms with Gasteiger partial charge in [0.1, 0.15) is 0 Å². The Kier molecular flexibility index (Phi) is 6.85. The van der Waals surface area contributed by atoms with Gasteiger partial charge in [0.2, 0.25) is 0 Å². The molecule has 32 heavy (non-hydrogen) atoms. The second-order valence-electron chi connectivity index (χ2n) is 7.86. The van der Waals surface area contributed by atoms with Crippen LogP contribution in [0.3, 0.4) is 0 Å². The lowest BCUT2D eigenvalue weighted by molar-refractivity contribution is -0.139. The molecule has 1 saturated heterocycles. The molecule has 1 heterocycles. The van der Waals surface area contributed by atoms with Gasteiger partial charge >= 0.3 is 18.3 Å². The van der Waals surface area contributed by atoms with Crippen molar-refractivity contribution >= 4 is 5.97 Å². The lowest BCUT2D eigenvalue weighted by Crippen LogP contribution is -2.54. The third kappa shape index (κ3) is 5.60. The first-order valence-electron chi connectivity index (χ1n) is 9.90. The summed E-state index contributed by atoms with van der Waals surface area (Å²) >= 11 is 0. The molecule has 0 radical (unpaired) electrons. The summed E-state index contributed by atoms with van der Waals surface area (Å²) in [6.07, 6.45) is -9.19. The fourth-order valence-electron chi connectivity index (χ4n) is 4.05. The van der Waals surface area contributed by atoms with E-state index >= 15 is 0 Å². The van der Waals surface area contributed by atoms with Gasteiger partial charge in [-0.3, -0.25) is 14.6 Å². The number of halogens is 6. The van der Waals surface area contributed by atoms with Gasteiger partial charge in [-0.15, -0.1) is 0 Å². The number of carbonyl (C=O) groups is 1. The van der Waals surface area contributed by atoms with Gasteiger partial charge in [-0.2, -0.15) is 26.3 Å². The molecule has 0 aromatic heterocycles. The summed E-state index contributed by atoms with van der Waals surface area (Å²) in [5.74, 6) is -1.00. The maximum atomic E-state index is 13.3. The normalized spacial score (nSPS) is 18.8. The number of piperazine rings is 1. The zero-order chi connectivity index (χ0) is 23.7. The van der Waals surface area contributed by atoms with Crippen molar-refractivity contribution in [2.75, 3.05) is 26.2 Å². The van der Waals surface area contributed by atoms with Gasteiger partial charge < -0.3 is 5.11 Å². The highest BCUT2D eigenvalue weighted by molar-refractivity contribution is 5.69. The number of alkyl halides is 6. The molecule has 4 nitrogen and oxygen atoms in total. The fraction of sp³-hybridized carbons (Fsp3) is 0.409. The zero-order valence-corrected chi connectivity index (χ0v) is 17.1. The molecule has 1 atom stereocenters. The first-order valence-corrected chi connectivity index (χ1v) is 9.90. The largest absolute Gasteiger partial charge is 0.480 e. The molecule has 1 aliphatic heterocycles. The first kappa shape index (κ1) is 24.1. The zero-order valence-electron chi connectivity index (χ0n) is 17.1. The number of benzene rings is 2. The van der Waals surface area contributed by atoms with Crippen molar-refractivity contribution in [1.29, 1.82) is 0 Å². The first-order chi connectivity index (χ1) is 14.9. The number of rotatable bonds is 5. The molecule has 0 saturated carbocycles. The van der Waals surface area contributed by atoms with Crippen molar-refractivity contribution in [3.05, 3.63) is 70.8 Å². The SMILES string of the molecule is C[C@@H]1CN(C(c2cccc(C(F)(F)F)c2)c2cccc(C(F)(F)F)c2)CCN1CC(=O)O. The van der Waals surface area contributed by atoms with Crippen LogP contribution in [0.15, 0.2) is 48.5 Å². The Labute approximate surface area is 181 Å². The minimum absolute atomic E-state index is 0.188. The molecular weight excluding hydrogens is 438 g/mol. The molecule has 2 aromatic carbocycles. The predicted molar refractivity (Wildman–Crippen MR) is 105 cm³/mol. The molecule has 0 bridgehead atoms. The molecule has 3 rings (SSSR count). The van der Waals surface area contributed by atoms with E-state index in [1.165, 1.54) is 24.3 Å². The molecule has 174 valence electrons. The minimum atomic E-state index is -4.60. The lowest BCUT2D eigenvalue weighted by Gasteiger charge is -2.43. The molecule has 10 heteroatoms. The summed E-state index contributed by atoms with van der Waals surface area (Å²) in [6, 6.07) is 8.06. The third-order valence-electron chi connectivity index (χ3n) is 5.56. The van der Waals surface area contributed by atoms with E-state index in [1.807, 2.05) is 0 Å². The van der Waals surface area contributed by atoms with Crippen LogP contribution < -0.4 is 0 Å². The lowest BCUT2D eigenvalue weighted by atomic mass is 9.93. The van der Waals surface area contributed by atoms with Crippen molar-refractivity contribution < 1.29 is 36.2 Å². The van der Waals surface area contributed by atoms with E-state index in [0.29, 0.717) is 6.54 Å². The van der Waals surface area contributed by atoms with Crippen molar-refractivity contribution in [3.8, 4) is 0 Å². The second-order valence-corrected chi connectivity index (χ2v) is 7.86. The Hall–Kier alpha value is -2.59. The average molecular weight is 460 g/mol. The van der Waals surface area contributed by atoms with E-state index < -0.39 is 35.5 Å². The summed E-state index contributed by atoms with van der Waals surface area (Å²) in [5.41, 5.74) is -1.33. The smallest absolute Gasteiger partial charge is 0.416 e. The molecule has 0 amide bonds. The van der Waals surface area contributed by atoms with Crippen LogP contribution in [-0.2, 0) is 17.1 Å². The van der Waals surface area contributed by atoms with Gasteiger partial charge in [-0.1, -0.05) is 24.3 Å². The Morgan fingerprint density at radius 2 is 1.47 bits per heavy atom. The van der Waals surface area contributed by atoms with Crippen LogP contribution in [-0.4, -0.2) is 53.1 Å². The van der Waals surface area contributed by atoms with Crippen LogP contribution in [0.1, 0.15) is 35.2 Å². The molecule has 1 aliphatic rings. The van der Waals surface area contributed by atoms with Gasteiger partial charge in [0.25, 0.3) is 0 Å². The summed E-state index contributed by atoms with van der Waals surface area (Å²) in [7, 11) is 0. The van der Waals surface area contributed by atoms with Crippen LogP contribution in [0.5, 0.6) is 0 Å². The number of nitrogens with zero attached hydrogens (tertiary/aromatic N) is 2. The van der Waals surface area contributed by atoms with Gasteiger partial charge in [0.15, 0.2) is 0 Å². The second kappa shape index (κ2) is 9.11. The van der Waals surface area contributed by atoms with E-state index in [-0.39, 0.29) is 36.8 Å². The Bertz CT molecular complexity index is 902. The van der Waals surface area contributed by atoms with Gasteiger partial charge in [-0.25, -0.2) is 0 Å². The highest BCUT2D eigenvalue weighted by atomic mass is 19.4. The summed E-state index contributed by atoms with van der Waals surface area (Å²) in [5, 5.41) is 9.06. The molecule has 0 unspecified atom stereocenters. The van der Waals surface area contributed by atoms with Crippen molar-refractivity contribution in [1.82, 2.24) is 9.80 Å². The maximum absolute atomic E-state index is 13.3. The standard InChI is InChI=1S/C22H22F6N2O2/c1-14-12-30(9-8-29(14)13-19(31)32)20(15-4-2-6-17(10-15)21(23,24)25)16-5-3-7-18(11-16)22(26,27)28/h2-7,10-11,14,20H,8-9,12-13H2,1H3,(H,31,32)/t14-/m1/s1. The molecular formula is C22H22F6N2O2. The molecule has 0 aliphatic carbocycles. The third-order valence-corrected chi connectivity index (χ3v) is 5.56. The number of hydrogen-bond acceptors (Lipinski definition) is 3. The number of carboxylic acid groups (broad SMARTS) is 1. The van der Waals surface area contributed by atoms with Crippen LogP contribution >= 0.6 is 0 Å². The topological polar surface area (TPSA) is 43.8 Å². The maximum Gasteiger partial charge on any atom is 0.416 e. The van der Waals surface area contributed by atoms with E-state index in [2.05, 4.69) is 0 Å². The monoisotopic (exact) mass is 460 g/mol. The molecule has 2 aromatic rings. The van der Waals surface area contributed by atoms with Gasteiger partial charge in [-0.05, 0) is 42.3 Å². The highest BCUT2D eigenvalue weighted by Crippen LogP contribution is 2.37.